The second kappa shape index (κ2) is 9.92. The van der Waals surface area contributed by atoms with Gasteiger partial charge >= 0.3 is 0 Å². The second-order valence-electron chi connectivity index (χ2n) is 6.50. The molecule has 2 aromatic carbocycles. The first-order valence-corrected chi connectivity index (χ1v) is 9.07. The predicted molar refractivity (Wildman–Crippen MR) is 104 cm³/mol. The molecule has 3 rings (SSSR count). The van der Waals surface area contributed by atoms with Gasteiger partial charge in [-0.25, -0.2) is 4.39 Å². The number of methoxy groups -OCH3 is 1. The van der Waals surface area contributed by atoms with Crippen LogP contribution in [0.15, 0.2) is 71.3 Å². The fourth-order valence-corrected chi connectivity index (χ4v) is 2.94. The maximum absolute atomic E-state index is 13.7. The molecule has 0 bridgehead atoms. The summed E-state index contributed by atoms with van der Waals surface area (Å²) in [6.45, 7) is 1.45. The molecule has 0 aliphatic carbocycles. The number of para-hydroxylation sites is 1. The van der Waals surface area contributed by atoms with Gasteiger partial charge < -0.3 is 19.0 Å². The van der Waals surface area contributed by atoms with Crippen LogP contribution in [0.4, 0.5) is 4.39 Å². The highest BCUT2D eigenvalue weighted by molar-refractivity contribution is 5.28. The lowest BCUT2D eigenvalue weighted by molar-refractivity contribution is 0.0592. The first kappa shape index (κ1) is 19.9. The summed E-state index contributed by atoms with van der Waals surface area (Å²) in [5, 5.41) is 10.4. The maximum atomic E-state index is 13.7. The van der Waals surface area contributed by atoms with Gasteiger partial charge in [-0.15, -0.1) is 0 Å². The van der Waals surface area contributed by atoms with Gasteiger partial charge in [-0.05, 0) is 42.0 Å². The first-order valence-electron chi connectivity index (χ1n) is 9.07. The molecule has 0 radical (unpaired) electrons. The van der Waals surface area contributed by atoms with E-state index in [-0.39, 0.29) is 12.4 Å². The summed E-state index contributed by atoms with van der Waals surface area (Å²) in [4.78, 5) is 2.04. The Hall–Kier alpha value is -2.83. The molecule has 0 aliphatic heterocycles. The van der Waals surface area contributed by atoms with E-state index in [1.807, 2.05) is 41.3 Å². The highest BCUT2D eigenvalue weighted by Gasteiger charge is 2.16. The van der Waals surface area contributed by atoms with Crippen LogP contribution in [0.25, 0.3) is 0 Å². The Labute approximate surface area is 163 Å². The molecule has 28 heavy (non-hydrogen) atoms. The second-order valence-corrected chi connectivity index (χ2v) is 6.50. The van der Waals surface area contributed by atoms with E-state index in [1.54, 1.807) is 31.6 Å². The van der Waals surface area contributed by atoms with Gasteiger partial charge in [0.2, 0.25) is 0 Å². The molecule has 3 aromatic rings. The minimum atomic E-state index is -0.792. The Morgan fingerprint density at radius 1 is 1.07 bits per heavy atom. The van der Waals surface area contributed by atoms with E-state index in [0.29, 0.717) is 19.6 Å². The minimum Gasteiger partial charge on any atom is -0.497 e. The molecule has 1 aromatic heterocycles. The van der Waals surface area contributed by atoms with Crippen molar-refractivity contribution >= 4 is 0 Å². The number of aliphatic hydroxyl groups excluding tert-OH is 1. The molecule has 1 unspecified atom stereocenters. The highest BCUT2D eigenvalue weighted by atomic mass is 19.1. The van der Waals surface area contributed by atoms with E-state index in [0.717, 1.165) is 17.1 Å². The van der Waals surface area contributed by atoms with Gasteiger partial charge in [0, 0.05) is 13.1 Å². The fourth-order valence-electron chi connectivity index (χ4n) is 2.94. The van der Waals surface area contributed by atoms with Crippen LogP contribution < -0.4 is 9.47 Å². The molecule has 1 heterocycles. The van der Waals surface area contributed by atoms with Crippen LogP contribution >= 0.6 is 0 Å². The summed E-state index contributed by atoms with van der Waals surface area (Å²) in [5.41, 5.74) is 1.05. The van der Waals surface area contributed by atoms with Gasteiger partial charge in [-0.1, -0.05) is 24.3 Å². The number of halogens is 1. The van der Waals surface area contributed by atoms with Gasteiger partial charge in [-0.2, -0.15) is 0 Å². The number of ether oxygens (including phenoxy) is 2. The van der Waals surface area contributed by atoms with Crippen LogP contribution in [0.5, 0.6) is 11.5 Å². The highest BCUT2D eigenvalue weighted by Crippen LogP contribution is 2.18. The van der Waals surface area contributed by atoms with Crippen LogP contribution in [0.2, 0.25) is 0 Å². The lowest BCUT2D eigenvalue weighted by Gasteiger charge is -2.24. The van der Waals surface area contributed by atoms with E-state index in [9.17, 15) is 9.50 Å². The number of hydrogen-bond acceptors (Lipinski definition) is 5. The maximum Gasteiger partial charge on any atom is 0.165 e. The third-order valence-corrected chi connectivity index (χ3v) is 4.24. The standard InChI is InChI=1S/C22H24FNO4/c1-26-19-7-4-6-17(12-19)13-24(15-20-8-5-11-27-20)14-18(25)16-28-22-10-3-2-9-21(22)23/h2-12,18,25H,13-16H2,1H3. The molecular formula is C22H24FNO4. The Morgan fingerprint density at radius 2 is 1.93 bits per heavy atom. The molecule has 0 spiro atoms. The lowest BCUT2D eigenvalue weighted by atomic mass is 10.2. The summed E-state index contributed by atoms with van der Waals surface area (Å²) < 4.78 is 29.8. The van der Waals surface area contributed by atoms with Crippen molar-refractivity contribution in [3.63, 3.8) is 0 Å². The van der Waals surface area contributed by atoms with Crippen LogP contribution in [0.3, 0.4) is 0 Å². The van der Waals surface area contributed by atoms with Gasteiger partial charge in [0.1, 0.15) is 24.2 Å². The molecule has 148 valence electrons. The number of rotatable bonds is 10. The topological polar surface area (TPSA) is 55.1 Å². The molecule has 0 aliphatic rings. The van der Waals surface area contributed by atoms with Crippen molar-refractivity contribution in [1.29, 1.82) is 0 Å². The smallest absolute Gasteiger partial charge is 0.165 e. The summed E-state index contributed by atoms with van der Waals surface area (Å²) >= 11 is 0. The number of nitrogens with zero attached hydrogens (tertiary/aromatic N) is 1. The van der Waals surface area contributed by atoms with Gasteiger partial charge in [0.05, 0.1) is 19.9 Å². The van der Waals surface area contributed by atoms with Crippen molar-refractivity contribution < 1.29 is 23.4 Å². The van der Waals surface area contributed by atoms with Crippen molar-refractivity contribution in [1.82, 2.24) is 4.90 Å². The number of benzene rings is 2. The van der Waals surface area contributed by atoms with Crippen LogP contribution in [-0.2, 0) is 13.1 Å². The van der Waals surface area contributed by atoms with E-state index < -0.39 is 11.9 Å². The molecule has 0 saturated heterocycles. The van der Waals surface area contributed by atoms with E-state index in [2.05, 4.69) is 0 Å². The zero-order valence-electron chi connectivity index (χ0n) is 15.8. The summed E-state index contributed by atoms with van der Waals surface area (Å²) in [6.07, 6.45) is 0.830. The molecule has 6 heteroatoms. The normalized spacial score (nSPS) is 12.1. The van der Waals surface area contributed by atoms with Gasteiger partial charge in [0.15, 0.2) is 11.6 Å². The monoisotopic (exact) mass is 385 g/mol. The van der Waals surface area contributed by atoms with Crippen LogP contribution in [0.1, 0.15) is 11.3 Å². The number of hydrogen-bond donors (Lipinski definition) is 1. The predicted octanol–water partition coefficient (Wildman–Crippen LogP) is 3.87. The fraction of sp³-hybridized carbons (Fsp3) is 0.273. The van der Waals surface area contributed by atoms with Crippen LogP contribution in [0, 0.1) is 5.82 Å². The zero-order chi connectivity index (χ0) is 19.8. The first-order chi connectivity index (χ1) is 13.6. The molecule has 5 nitrogen and oxygen atoms in total. The average Bonchev–Trinajstić information content (AvgIpc) is 3.20. The molecule has 1 N–H and O–H groups in total. The summed E-state index contributed by atoms with van der Waals surface area (Å²) in [7, 11) is 1.63. The molecular weight excluding hydrogens is 361 g/mol. The Kier molecular flexibility index (Phi) is 7.06. The molecule has 0 fully saturated rings. The van der Waals surface area contributed by atoms with E-state index >= 15 is 0 Å². The SMILES string of the molecule is COc1cccc(CN(Cc2ccco2)CC(O)COc2ccccc2F)c1. The van der Waals surface area contributed by atoms with E-state index in [1.165, 1.54) is 6.07 Å². The van der Waals surface area contributed by atoms with Crippen molar-refractivity contribution in [2.24, 2.45) is 0 Å². The summed E-state index contributed by atoms with van der Waals surface area (Å²) in [5.74, 6) is 1.26. The molecule has 0 amide bonds. The Balaban J connectivity index is 1.63. The number of aliphatic hydroxyl groups is 1. The van der Waals surface area contributed by atoms with Gasteiger partial charge in [0.25, 0.3) is 0 Å². The lowest BCUT2D eigenvalue weighted by Crippen LogP contribution is -2.35. The van der Waals surface area contributed by atoms with Crippen molar-refractivity contribution in [2.75, 3.05) is 20.3 Å². The minimum absolute atomic E-state index is 0.00625. The van der Waals surface area contributed by atoms with Crippen molar-refractivity contribution in [2.45, 2.75) is 19.2 Å². The molecule has 1 atom stereocenters. The zero-order valence-corrected chi connectivity index (χ0v) is 15.8. The Bertz CT molecular complexity index is 853. The Morgan fingerprint density at radius 3 is 2.68 bits per heavy atom. The average molecular weight is 385 g/mol. The van der Waals surface area contributed by atoms with Crippen molar-refractivity contribution in [3.8, 4) is 11.5 Å². The third-order valence-electron chi connectivity index (χ3n) is 4.24. The van der Waals surface area contributed by atoms with Crippen LogP contribution in [-0.4, -0.2) is 36.4 Å². The van der Waals surface area contributed by atoms with E-state index in [4.69, 9.17) is 13.9 Å². The largest absolute Gasteiger partial charge is 0.497 e. The molecule has 0 saturated carbocycles. The summed E-state index contributed by atoms with van der Waals surface area (Å²) in [6, 6.07) is 17.6. The quantitative estimate of drug-likeness (QED) is 0.574. The number of furan rings is 1. The van der Waals surface area contributed by atoms with Crippen molar-refractivity contribution in [3.05, 3.63) is 84.1 Å². The van der Waals surface area contributed by atoms with Gasteiger partial charge in [-0.3, -0.25) is 4.90 Å². The third kappa shape index (κ3) is 5.84.